The molecule has 1 heterocycles. The van der Waals surface area contributed by atoms with Gasteiger partial charge in [0.2, 0.25) is 0 Å². The minimum absolute atomic E-state index is 0.297. The molecule has 0 bridgehead atoms. The molecule has 1 aliphatic heterocycles. The van der Waals surface area contributed by atoms with Crippen molar-refractivity contribution in [2.75, 3.05) is 6.54 Å². The third kappa shape index (κ3) is 2.67. The molecule has 3 atom stereocenters. The lowest BCUT2D eigenvalue weighted by Crippen LogP contribution is -2.29. The molecule has 2 nitrogen and oxygen atoms in total. The Morgan fingerprint density at radius 1 is 1.25 bits per heavy atom. The van der Waals surface area contributed by atoms with Crippen molar-refractivity contribution in [3.8, 4) is 0 Å². The van der Waals surface area contributed by atoms with Crippen molar-refractivity contribution in [3.05, 3.63) is 35.4 Å². The number of hydrogen-bond donors (Lipinski definition) is 1. The summed E-state index contributed by atoms with van der Waals surface area (Å²) < 4.78 is 0. The molecule has 108 valence electrons. The molecule has 1 aliphatic carbocycles. The van der Waals surface area contributed by atoms with Crippen molar-refractivity contribution in [1.82, 2.24) is 5.32 Å². The zero-order valence-corrected chi connectivity index (χ0v) is 12.6. The highest BCUT2D eigenvalue weighted by Gasteiger charge is 2.39. The van der Waals surface area contributed by atoms with E-state index in [2.05, 4.69) is 31.3 Å². The molecule has 0 radical (unpaired) electrons. The first-order valence-electron chi connectivity index (χ1n) is 8.01. The van der Waals surface area contributed by atoms with Crippen LogP contribution in [0.1, 0.15) is 61.4 Å². The number of fused-ring (bicyclic) bond motifs is 1. The van der Waals surface area contributed by atoms with Crippen LogP contribution in [0.25, 0.3) is 0 Å². The van der Waals surface area contributed by atoms with Crippen LogP contribution in [0.3, 0.4) is 0 Å². The van der Waals surface area contributed by atoms with E-state index in [0.29, 0.717) is 24.2 Å². The first-order valence-corrected chi connectivity index (χ1v) is 8.01. The largest absolute Gasteiger partial charge is 0.313 e. The number of benzene rings is 1. The van der Waals surface area contributed by atoms with Gasteiger partial charge < -0.3 is 5.32 Å². The Hall–Kier alpha value is -1.15. The van der Waals surface area contributed by atoms with Crippen molar-refractivity contribution >= 4 is 5.78 Å². The van der Waals surface area contributed by atoms with Gasteiger partial charge in [0.25, 0.3) is 0 Å². The Morgan fingerprint density at radius 2 is 2.00 bits per heavy atom. The summed E-state index contributed by atoms with van der Waals surface area (Å²) in [5, 5.41) is 3.57. The maximum atomic E-state index is 12.4. The van der Waals surface area contributed by atoms with E-state index >= 15 is 0 Å². The standard InChI is InChI=1S/C18H25NO/c1-12(2)13-6-8-14(9-7-13)18(20)10-17-16-5-3-4-15(16)11-19-17/h6-9,12,15-17,19H,3-5,10-11H2,1-2H3. The van der Waals surface area contributed by atoms with Crippen LogP contribution in [-0.2, 0) is 0 Å². The van der Waals surface area contributed by atoms with Gasteiger partial charge in [-0.25, -0.2) is 0 Å². The Kier molecular flexibility index (Phi) is 3.93. The van der Waals surface area contributed by atoms with E-state index in [1.54, 1.807) is 0 Å². The minimum Gasteiger partial charge on any atom is -0.313 e. The van der Waals surface area contributed by atoms with E-state index in [0.717, 1.165) is 23.9 Å². The topological polar surface area (TPSA) is 29.1 Å². The molecule has 1 saturated carbocycles. The van der Waals surface area contributed by atoms with E-state index in [1.165, 1.54) is 24.8 Å². The van der Waals surface area contributed by atoms with Crippen LogP contribution in [0, 0.1) is 11.8 Å². The number of Topliss-reactive ketones (excluding diaryl/α,β-unsaturated/α-hetero) is 1. The summed E-state index contributed by atoms with van der Waals surface area (Å²) in [7, 11) is 0. The molecule has 0 aromatic heterocycles. The molecular formula is C18H25NO. The Morgan fingerprint density at radius 3 is 2.70 bits per heavy atom. The second-order valence-electron chi connectivity index (χ2n) is 6.77. The number of hydrogen-bond acceptors (Lipinski definition) is 2. The Labute approximate surface area is 122 Å². The van der Waals surface area contributed by atoms with Crippen LogP contribution in [0.5, 0.6) is 0 Å². The highest BCUT2D eigenvalue weighted by atomic mass is 16.1. The van der Waals surface area contributed by atoms with Gasteiger partial charge >= 0.3 is 0 Å². The molecule has 20 heavy (non-hydrogen) atoms. The molecule has 1 aromatic rings. The van der Waals surface area contributed by atoms with Crippen molar-refractivity contribution < 1.29 is 4.79 Å². The fourth-order valence-corrected chi connectivity index (χ4v) is 3.90. The Balaban J connectivity index is 1.64. The molecule has 1 N–H and O–H groups in total. The van der Waals surface area contributed by atoms with Gasteiger partial charge in [0.15, 0.2) is 5.78 Å². The maximum absolute atomic E-state index is 12.4. The average Bonchev–Trinajstić information content (AvgIpc) is 3.04. The molecule has 2 fully saturated rings. The maximum Gasteiger partial charge on any atom is 0.164 e. The molecule has 1 saturated heterocycles. The fourth-order valence-electron chi connectivity index (χ4n) is 3.90. The van der Waals surface area contributed by atoms with Crippen LogP contribution in [0.2, 0.25) is 0 Å². The minimum atomic E-state index is 0.297. The summed E-state index contributed by atoms with van der Waals surface area (Å²) in [5.74, 6) is 2.39. The number of nitrogens with one attached hydrogen (secondary N) is 1. The van der Waals surface area contributed by atoms with Gasteiger partial charge in [0.1, 0.15) is 0 Å². The van der Waals surface area contributed by atoms with Crippen molar-refractivity contribution in [2.24, 2.45) is 11.8 Å². The molecule has 0 amide bonds. The van der Waals surface area contributed by atoms with Crippen LogP contribution < -0.4 is 5.32 Å². The lowest BCUT2D eigenvalue weighted by molar-refractivity contribution is 0.0963. The number of ketones is 1. The number of carbonyl (C=O) groups is 1. The van der Waals surface area contributed by atoms with E-state index in [9.17, 15) is 4.79 Å². The average molecular weight is 271 g/mol. The fraction of sp³-hybridized carbons (Fsp3) is 0.611. The predicted octanol–water partition coefficient (Wildman–Crippen LogP) is 3.77. The second-order valence-corrected chi connectivity index (χ2v) is 6.77. The van der Waals surface area contributed by atoms with Crippen LogP contribution in [0.15, 0.2) is 24.3 Å². The SMILES string of the molecule is CC(C)c1ccc(C(=O)CC2NCC3CCCC32)cc1. The van der Waals surface area contributed by atoms with Crippen molar-refractivity contribution in [1.29, 1.82) is 0 Å². The molecule has 3 unspecified atom stereocenters. The monoisotopic (exact) mass is 271 g/mol. The van der Waals surface area contributed by atoms with Crippen molar-refractivity contribution in [3.63, 3.8) is 0 Å². The van der Waals surface area contributed by atoms with E-state index in [1.807, 2.05) is 12.1 Å². The number of carbonyl (C=O) groups excluding carboxylic acids is 1. The zero-order valence-electron chi connectivity index (χ0n) is 12.6. The molecule has 1 aromatic carbocycles. The van der Waals surface area contributed by atoms with Gasteiger partial charge in [0.05, 0.1) is 0 Å². The first-order chi connectivity index (χ1) is 9.65. The summed E-state index contributed by atoms with van der Waals surface area (Å²) in [6, 6.07) is 8.61. The quantitative estimate of drug-likeness (QED) is 0.845. The van der Waals surface area contributed by atoms with E-state index < -0.39 is 0 Å². The van der Waals surface area contributed by atoms with Crippen LogP contribution >= 0.6 is 0 Å². The molecule has 2 heteroatoms. The summed E-state index contributed by atoms with van der Waals surface area (Å²) in [6.07, 6.45) is 4.68. The van der Waals surface area contributed by atoms with Gasteiger partial charge in [-0.2, -0.15) is 0 Å². The normalized spacial score (nSPS) is 28.9. The van der Waals surface area contributed by atoms with E-state index in [-0.39, 0.29) is 0 Å². The van der Waals surface area contributed by atoms with Crippen molar-refractivity contribution in [2.45, 2.75) is 51.5 Å². The highest BCUT2D eigenvalue weighted by Crippen LogP contribution is 2.39. The van der Waals surface area contributed by atoms with E-state index in [4.69, 9.17) is 0 Å². The van der Waals surface area contributed by atoms with Crippen LogP contribution in [0.4, 0.5) is 0 Å². The van der Waals surface area contributed by atoms with Gasteiger partial charge in [0, 0.05) is 18.0 Å². The summed E-state index contributed by atoms with van der Waals surface area (Å²) >= 11 is 0. The third-order valence-corrected chi connectivity index (χ3v) is 5.18. The summed E-state index contributed by atoms with van der Waals surface area (Å²) in [5.41, 5.74) is 2.18. The number of rotatable bonds is 4. The molecule has 0 spiro atoms. The molecular weight excluding hydrogens is 246 g/mol. The van der Waals surface area contributed by atoms with Crippen LogP contribution in [-0.4, -0.2) is 18.4 Å². The Bertz CT molecular complexity index is 477. The lowest BCUT2D eigenvalue weighted by atomic mass is 9.89. The summed E-state index contributed by atoms with van der Waals surface area (Å²) in [4.78, 5) is 12.4. The second kappa shape index (κ2) is 5.69. The predicted molar refractivity (Wildman–Crippen MR) is 82.1 cm³/mol. The van der Waals surface area contributed by atoms with Gasteiger partial charge in [-0.1, -0.05) is 44.5 Å². The summed E-state index contributed by atoms with van der Waals surface area (Å²) in [6.45, 7) is 5.48. The van der Waals surface area contributed by atoms with Gasteiger partial charge in [-0.3, -0.25) is 4.79 Å². The molecule has 3 rings (SSSR count). The molecule has 2 aliphatic rings. The van der Waals surface area contributed by atoms with Gasteiger partial charge in [-0.15, -0.1) is 0 Å². The smallest absolute Gasteiger partial charge is 0.164 e. The first kappa shape index (κ1) is 13.8. The lowest BCUT2D eigenvalue weighted by Gasteiger charge is -2.17. The van der Waals surface area contributed by atoms with Gasteiger partial charge in [-0.05, 0) is 42.7 Å². The highest BCUT2D eigenvalue weighted by molar-refractivity contribution is 5.96. The third-order valence-electron chi connectivity index (χ3n) is 5.18. The zero-order chi connectivity index (χ0) is 14.1.